The van der Waals surface area contributed by atoms with Gasteiger partial charge in [0.1, 0.15) is 6.54 Å². The molecular formula is C13H19N7OS. The molecule has 0 saturated heterocycles. The fourth-order valence-electron chi connectivity index (χ4n) is 1.91. The predicted molar refractivity (Wildman–Crippen MR) is 87.1 cm³/mol. The summed E-state index contributed by atoms with van der Waals surface area (Å²) in [5.41, 5.74) is 7.88. The number of nitrogens with one attached hydrogen (secondary N) is 3. The average Bonchev–Trinajstić information content (AvgIpc) is 3.04. The van der Waals surface area contributed by atoms with Crippen LogP contribution in [0, 0.1) is 13.8 Å². The number of rotatable bonds is 4. The molecule has 2 aromatic heterocycles. The van der Waals surface area contributed by atoms with Gasteiger partial charge in [-0.2, -0.15) is 10.2 Å². The Balaban J connectivity index is 1.81. The number of aryl methyl sites for hydroxylation is 2. The molecule has 22 heavy (non-hydrogen) atoms. The van der Waals surface area contributed by atoms with Crippen molar-refractivity contribution in [2.75, 3.05) is 5.32 Å². The van der Waals surface area contributed by atoms with Crippen molar-refractivity contribution < 1.29 is 4.79 Å². The lowest BCUT2D eigenvalue weighted by Crippen LogP contribution is -2.45. The fourth-order valence-corrected chi connectivity index (χ4v) is 2.07. The Labute approximate surface area is 133 Å². The van der Waals surface area contributed by atoms with Crippen LogP contribution in [0.15, 0.2) is 18.5 Å². The van der Waals surface area contributed by atoms with E-state index < -0.39 is 0 Å². The van der Waals surface area contributed by atoms with E-state index >= 15 is 0 Å². The second-order valence-corrected chi connectivity index (χ2v) is 5.13. The normalized spacial score (nSPS) is 10.3. The van der Waals surface area contributed by atoms with Crippen molar-refractivity contribution in [1.29, 1.82) is 0 Å². The number of hydrazine groups is 1. The number of carbonyl (C=O) groups excluding carboxylic acids is 1. The van der Waals surface area contributed by atoms with Crippen LogP contribution in [-0.4, -0.2) is 30.6 Å². The van der Waals surface area contributed by atoms with E-state index in [1.807, 2.05) is 31.5 Å². The molecule has 2 aromatic rings. The average molecular weight is 321 g/mol. The second kappa shape index (κ2) is 7.03. The minimum absolute atomic E-state index is 0.126. The molecule has 1 amide bonds. The van der Waals surface area contributed by atoms with Crippen molar-refractivity contribution >= 4 is 28.9 Å². The third-order valence-electron chi connectivity index (χ3n) is 3.19. The van der Waals surface area contributed by atoms with Crippen LogP contribution in [0.4, 0.5) is 5.69 Å². The van der Waals surface area contributed by atoms with Gasteiger partial charge in [-0.3, -0.25) is 25.0 Å². The van der Waals surface area contributed by atoms with Gasteiger partial charge >= 0.3 is 0 Å². The van der Waals surface area contributed by atoms with Gasteiger partial charge in [0.2, 0.25) is 0 Å². The Morgan fingerprint density at radius 3 is 2.64 bits per heavy atom. The molecule has 0 unspecified atom stereocenters. The Kier molecular flexibility index (Phi) is 5.10. The largest absolute Gasteiger partial charge is 0.329 e. The number of hydrogen-bond donors (Lipinski definition) is 3. The highest BCUT2D eigenvalue weighted by atomic mass is 32.1. The molecule has 0 fully saturated rings. The number of hydrogen-bond acceptors (Lipinski definition) is 4. The third kappa shape index (κ3) is 3.82. The zero-order valence-corrected chi connectivity index (χ0v) is 13.6. The first kappa shape index (κ1) is 16.0. The van der Waals surface area contributed by atoms with E-state index in [0.717, 1.165) is 23.6 Å². The van der Waals surface area contributed by atoms with E-state index in [4.69, 9.17) is 12.2 Å². The van der Waals surface area contributed by atoms with Gasteiger partial charge < -0.3 is 5.32 Å². The summed E-state index contributed by atoms with van der Waals surface area (Å²) < 4.78 is 3.45. The molecule has 0 atom stereocenters. The first-order chi connectivity index (χ1) is 10.5. The van der Waals surface area contributed by atoms with E-state index in [1.54, 1.807) is 17.1 Å². The van der Waals surface area contributed by atoms with E-state index in [1.165, 1.54) is 0 Å². The molecule has 118 valence electrons. The molecule has 2 heterocycles. The van der Waals surface area contributed by atoms with Gasteiger partial charge in [-0.15, -0.1) is 0 Å². The highest BCUT2D eigenvalue weighted by molar-refractivity contribution is 7.80. The standard InChI is InChI=1S/C13H19N7OS/c1-4-19-10(3)11(7-15-19)16-13(22)18-17-12(21)8-20-9(2)5-6-14-20/h5-7H,4,8H2,1-3H3,(H,17,21)(H2,16,18,22). The van der Waals surface area contributed by atoms with Gasteiger partial charge in [0.05, 0.1) is 17.6 Å². The van der Waals surface area contributed by atoms with E-state index in [-0.39, 0.29) is 12.5 Å². The summed E-state index contributed by atoms with van der Waals surface area (Å²) in [7, 11) is 0. The number of carbonyl (C=O) groups is 1. The summed E-state index contributed by atoms with van der Waals surface area (Å²) in [5.74, 6) is -0.239. The van der Waals surface area contributed by atoms with Crippen LogP contribution >= 0.6 is 12.2 Å². The lowest BCUT2D eigenvalue weighted by Gasteiger charge is -2.12. The van der Waals surface area contributed by atoms with Crippen molar-refractivity contribution in [2.24, 2.45) is 0 Å². The predicted octanol–water partition coefficient (Wildman–Crippen LogP) is 0.734. The van der Waals surface area contributed by atoms with Gasteiger partial charge in [-0.1, -0.05) is 0 Å². The maximum atomic E-state index is 11.8. The van der Waals surface area contributed by atoms with E-state index in [0.29, 0.717) is 5.11 Å². The molecule has 0 bridgehead atoms. The Morgan fingerprint density at radius 2 is 2.05 bits per heavy atom. The van der Waals surface area contributed by atoms with Gasteiger partial charge in [0, 0.05) is 18.4 Å². The third-order valence-corrected chi connectivity index (χ3v) is 3.39. The number of anilines is 1. The SMILES string of the molecule is CCn1ncc(NC(=S)NNC(=O)Cn2nccc2C)c1C. The van der Waals surface area contributed by atoms with Crippen molar-refractivity contribution in [3.05, 3.63) is 29.8 Å². The molecule has 8 nitrogen and oxygen atoms in total. The van der Waals surface area contributed by atoms with Gasteiger partial charge in [0.15, 0.2) is 5.11 Å². The molecule has 9 heteroatoms. The zero-order chi connectivity index (χ0) is 16.1. The van der Waals surface area contributed by atoms with Crippen LogP contribution in [-0.2, 0) is 17.9 Å². The van der Waals surface area contributed by atoms with E-state index in [9.17, 15) is 4.79 Å². The van der Waals surface area contributed by atoms with Crippen molar-refractivity contribution in [3.8, 4) is 0 Å². The molecular weight excluding hydrogens is 302 g/mol. The maximum absolute atomic E-state index is 11.8. The highest BCUT2D eigenvalue weighted by Gasteiger charge is 2.08. The van der Waals surface area contributed by atoms with Crippen LogP contribution in [0.1, 0.15) is 18.3 Å². The van der Waals surface area contributed by atoms with Crippen LogP contribution in [0.25, 0.3) is 0 Å². The quantitative estimate of drug-likeness (QED) is 0.568. The van der Waals surface area contributed by atoms with Crippen LogP contribution in [0.3, 0.4) is 0 Å². The van der Waals surface area contributed by atoms with E-state index in [2.05, 4.69) is 26.4 Å². The maximum Gasteiger partial charge on any atom is 0.260 e. The molecule has 0 saturated carbocycles. The Morgan fingerprint density at radius 1 is 1.27 bits per heavy atom. The summed E-state index contributed by atoms with van der Waals surface area (Å²) in [5, 5.41) is 11.5. The summed E-state index contributed by atoms with van der Waals surface area (Å²) >= 11 is 5.14. The minimum atomic E-state index is -0.239. The van der Waals surface area contributed by atoms with Gasteiger partial charge in [0.25, 0.3) is 5.91 Å². The fraction of sp³-hybridized carbons (Fsp3) is 0.385. The smallest absolute Gasteiger partial charge is 0.260 e. The van der Waals surface area contributed by atoms with Crippen molar-refractivity contribution in [1.82, 2.24) is 30.4 Å². The lowest BCUT2D eigenvalue weighted by atomic mass is 10.4. The van der Waals surface area contributed by atoms with Crippen LogP contribution < -0.4 is 16.2 Å². The number of nitrogens with zero attached hydrogens (tertiary/aromatic N) is 4. The van der Waals surface area contributed by atoms with Gasteiger partial charge in [-0.05, 0) is 39.1 Å². The molecule has 2 rings (SSSR count). The minimum Gasteiger partial charge on any atom is -0.329 e. The molecule has 3 N–H and O–H groups in total. The zero-order valence-electron chi connectivity index (χ0n) is 12.8. The van der Waals surface area contributed by atoms with Crippen LogP contribution in [0.5, 0.6) is 0 Å². The molecule has 0 aromatic carbocycles. The number of aromatic nitrogens is 4. The molecule has 0 radical (unpaired) electrons. The summed E-state index contributed by atoms with van der Waals surface area (Å²) in [6, 6.07) is 1.83. The number of thiocarbonyl (C=S) groups is 1. The Bertz CT molecular complexity index is 676. The highest BCUT2D eigenvalue weighted by Crippen LogP contribution is 2.12. The topological polar surface area (TPSA) is 88.8 Å². The summed E-state index contributed by atoms with van der Waals surface area (Å²) in [6.45, 7) is 6.75. The summed E-state index contributed by atoms with van der Waals surface area (Å²) in [6.07, 6.45) is 3.35. The molecule has 0 aliphatic carbocycles. The van der Waals surface area contributed by atoms with Gasteiger partial charge in [-0.25, -0.2) is 0 Å². The molecule has 0 aliphatic heterocycles. The lowest BCUT2D eigenvalue weighted by molar-refractivity contribution is -0.122. The first-order valence-corrected chi connectivity index (χ1v) is 7.28. The number of amides is 1. The summed E-state index contributed by atoms with van der Waals surface area (Å²) in [4.78, 5) is 11.8. The van der Waals surface area contributed by atoms with Crippen LogP contribution in [0.2, 0.25) is 0 Å². The van der Waals surface area contributed by atoms with Crippen molar-refractivity contribution in [3.63, 3.8) is 0 Å². The molecule has 0 aliphatic rings. The molecule has 0 spiro atoms. The monoisotopic (exact) mass is 321 g/mol. The second-order valence-electron chi connectivity index (χ2n) is 4.72. The Hall–Kier alpha value is -2.42. The van der Waals surface area contributed by atoms with Crippen molar-refractivity contribution in [2.45, 2.75) is 33.9 Å². The first-order valence-electron chi connectivity index (χ1n) is 6.88.